The van der Waals surface area contributed by atoms with Crippen molar-refractivity contribution in [2.24, 2.45) is 5.92 Å². The molecule has 0 aliphatic heterocycles. The summed E-state index contributed by atoms with van der Waals surface area (Å²) in [5, 5.41) is 3.09. The van der Waals surface area contributed by atoms with E-state index >= 15 is 0 Å². The quantitative estimate of drug-likeness (QED) is 0.829. The summed E-state index contributed by atoms with van der Waals surface area (Å²) in [5.41, 5.74) is 2.41. The molecule has 0 aromatic heterocycles. The molecule has 1 amide bonds. The fourth-order valence-corrected chi connectivity index (χ4v) is 2.82. The van der Waals surface area contributed by atoms with Gasteiger partial charge in [0.2, 0.25) is 5.91 Å². The van der Waals surface area contributed by atoms with Gasteiger partial charge in [0.25, 0.3) is 0 Å². The number of benzene rings is 1. The number of hydrogen-bond donors (Lipinski definition) is 1. The van der Waals surface area contributed by atoms with Crippen molar-refractivity contribution in [3.05, 3.63) is 29.3 Å². The van der Waals surface area contributed by atoms with E-state index < -0.39 is 0 Å². The van der Waals surface area contributed by atoms with Gasteiger partial charge in [0.15, 0.2) is 0 Å². The van der Waals surface area contributed by atoms with Crippen molar-refractivity contribution in [3.63, 3.8) is 0 Å². The minimum absolute atomic E-state index is 0.176. The Hall–Kier alpha value is -1.51. The van der Waals surface area contributed by atoms with Crippen LogP contribution in [0.5, 0.6) is 5.75 Å². The predicted molar refractivity (Wildman–Crippen MR) is 85.7 cm³/mol. The largest absolute Gasteiger partial charge is 0.496 e. The van der Waals surface area contributed by atoms with E-state index in [-0.39, 0.29) is 11.9 Å². The summed E-state index contributed by atoms with van der Waals surface area (Å²) in [6.07, 6.45) is 4.06. The van der Waals surface area contributed by atoms with Crippen molar-refractivity contribution in [1.29, 1.82) is 0 Å². The van der Waals surface area contributed by atoms with Crippen LogP contribution in [0, 0.1) is 12.8 Å². The Labute approximate surface area is 128 Å². The SMILES string of the molecule is CCC(C)NC(=O)CC(c1ccc(OC)c(C)c1)C1CC1. The van der Waals surface area contributed by atoms with Crippen molar-refractivity contribution in [2.45, 2.75) is 58.4 Å². The molecule has 3 heteroatoms. The van der Waals surface area contributed by atoms with Gasteiger partial charge in [0, 0.05) is 12.5 Å². The van der Waals surface area contributed by atoms with Gasteiger partial charge in [-0.3, -0.25) is 4.79 Å². The first kappa shape index (κ1) is 15.9. The molecule has 0 spiro atoms. The minimum Gasteiger partial charge on any atom is -0.496 e. The third kappa shape index (κ3) is 4.23. The summed E-state index contributed by atoms with van der Waals surface area (Å²) in [6, 6.07) is 6.58. The van der Waals surface area contributed by atoms with Gasteiger partial charge in [-0.2, -0.15) is 0 Å². The highest BCUT2D eigenvalue weighted by Gasteiger charge is 2.34. The van der Waals surface area contributed by atoms with Crippen LogP contribution < -0.4 is 10.1 Å². The molecule has 3 nitrogen and oxygen atoms in total. The zero-order chi connectivity index (χ0) is 15.4. The molecular formula is C18H27NO2. The predicted octanol–water partition coefficient (Wildman–Crippen LogP) is 3.80. The highest BCUT2D eigenvalue weighted by molar-refractivity contribution is 5.77. The first-order valence-corrected chi connectivity index (χ1v) is 7.99. The van der Waals surface area contributed by atoms with E-state index in [4.69, 9.17) is 4.74 Å². The molecule has 2 rings (SSSR count). The van der Waals surface area contributed by atoms with Crippen LogP contribution in [0.25, 0.3) is 0 Å². The van der Waals surface area contributed by atoms with Crippen LogP contribution in [0.4, 0.5) is 0 Å². The number of rotatable bonds is 7. The average Bonchev–Trinajstić information content (AvgIpc) is 3.29. The number of methoxy groups -OCH3 is 1. The van der Waals surface area contributed by atoms with Gasteiger partial charge >= 0.3 is 0 Å². The third-order valence-electron chi connectivity index (χ3n) is 4.46. The zero-order valence-electron chi connectivity index (χ0n) is 13.6. The lowest BCUT2D eigenvalue weighted by Gasteiger charge is -2.19. The van der Waals surface area contributed by atoms with Crippen molar-refractivity contribution < 1.29 is 9.53 Å². The van der Waals surface area contributed by atoms with Gasteiger partial charge in [-0.1, -0.05) is 19.1 Å². The summed E-state index contributed by atoms with van der Waals surface area (Å²) in [7, 11) is 1.69. The molecule has 1 aliphatic rings. The number of nitrogens with one attached hydrogen (secondary N) is 1. The third-order valence-corrected chi connectivity index (χ3v) is 4.46. The number of hydrogen-bond acceptors (Lipinski definition) is 2. The normalized spacial score (nSPS) is 17.1. The number of carbonyl (C=O) groups excluding carboxylic acids is 1. The van der Waals surface area contributed by atoms with Crippen molar-refractivity contribution in [3.8, 4) is 5.75 Å². The lowest BCUT2D eigenvalue weighted by Crippen LogP contribution is -2.33. The lowest BCUT2D eigenvalue weighted by atomic mass is 9.89. The van der Waals surface area contributed by atoms with E-state index in [1.807, 2.05) is 6.07 Å². The van der Waals surface area contributed by atoms with Crippen LogP contribution in [0.2, 0.25) is 0 Å². The molecular weight excluding hydrogens is 262 g/mol. The maximum Gasteiger partial charge on any atom is 0.220 e. The molecule has 1 aromatic carbocycles. The van der Waals surface area contributed by atoms with Gasteiger partial charge in [-0.05, 0) is 62.1 Å². The molecule has 0 saturated heterocycles. The summed E-state index contributed by atoms with van der Waals surface area (Å²) in [4.78, 5) is 12.2. The first-order valence-electron chi connectivity index (χ1n) is 7.99. The van der Waals surface area contributed by atoms with Crippen LogP contribution in [0.1, 0.15) is 56.6 Å². The van der Waals surface area contributed by atoms with E-state index in [2.05, 4.69) is 38.2 Å². The topological polar surface area (TPSA) is 38.3 Å². The fourth-order valence-electron chi connectivity index (χ4n) is 2.82. The highest BCUT2D eigenvalue weighted by Crippen LogP contribution is 2.45. The number of amides is 1. The average molecular weight is 289 g/mol. The van der Waals surface area contributed by atoms with E-state index in [1.54, 1.807) is 7.11 Å². The van der Waals surface area contributed by atoms with Gasteiger partial charge in [-0.25, -0.2) is 0 Å². The standard InChI is InChI=1S/C18H27NO2/c1-5-13(3)19-18(20)11-16(14-6-7-14)15-8-9-17(21-4)12(2)10-15/h8-10,13-14,16H,5-7,11H2,1-4H3,(H,19,20). The second-order valence-electron chi connectivity index (χ2n) is 6.25. The van der Waals surface area contributed by atoms with Crippen LogP contribution in [-0.2, 0) is 4.79 Å². The number of aryl methyl sites for hydroxylation is 1. The van der Waals surface area contributed by atoms with Gasteiger partial charge < -0.3 is 10.1 Å². The molecule has 0 radical (unpaired) electrons. The second kappa shape index (κ2) is 6.97. The molecule has 2 unspecified atom stereocenters. The van der Waals surface area contributed by atoms with Crippen molar-refractivity contribution >= 4 is 5.91 Å². The fraction of sp³-hybridized carbons (Fsp3) is 0.611. The summed E-state index contributed by atoms with van der Waals surface area (Å²) < 4.78 is 5.32. The summed E-state index contributed by atoms with van der Waals surface area (Å²) in [5.74, 6) is 2.10. The molecule has 0 heterocycles. The van der Waals surface area contributed by atoms with E-state index in [0.717, 1.165) is 17.7 Å². The Morgan fingerprint density at radius 2 is 2.14 bits per heavy atom. The molecule has 0 bridgehead atoms. The maximum absolute atomic E-state index is 12.2. The van der Waals surface area contributed by atoms with Crippen LogP contribution in [-0.4, -0.2) is 19.1 Å². The lowest BCUT2D eigenvalue weighted by molar-refractivity contribution is -0.122. The van der Waals surface area contributed by atoms with Crippen molar-refractivity contribution in [2.75, 3.05) is 7.11 Å². The first-order chi connectivity index (χ1) is 10.0. The molecule has 1 fully saturated rings. The van der Waals surface area contributed by atoms with Gasteiger partial charge in [0.1, 0.15) is 5.75 Å². The van der Waals surface area contributed by atoms with Crippen LogP contribution in [0.15, 0.2) is 18.2 Å². The number of carbonyl (C=O) groups is 1. The molecule has 2 atom stereocenters. The van der Waals surface area contributed by atoms with Gasteiger partial charge in [-0.15, -0.1) is 0 Å². The monoisotopic (exact) mass is 289 g/mol. The maximum atomic E-state index is 12.2. The molecule has 1 aromatic rings. The minimum atomic E-state index is 0.176. The smallest absolute Gasteiger partial charge is 0.220 e. The Bertz CT molecular complexity index is 494. The Balaban J connectivity index is 2.08. The molecule has 1 N–H and O–H groups in total. The molecule has 1 saturated carbocycles. The van der Waals surface area contributed by atoms with Gasteiger partial charge in [0.05, 0.1) is 7.11 Å². The number of ether oxygens (including phenoxy) is 1. The second-order valence-corrected chi connectivity index (χ2v) is 6.25. The van der Waals surface area contributed by atoms with E-state index in [0.29, 0.717) is 18.3 Å². The summed E-state index contributed by atoms with van der Waals surface area (Å²) >= 11 is 0. The highest BCUT2D eigenvalue weighted by atomic mass is 16.5. The Kier molecular flexibility index (Phi) is 5.27. The molecule has 21 heavy (non-hydrogen) atoms. The molecule has 1 aliphatic carbocycles. The summed E-state index contributed by atoms with van der Waals surface area (Å²) in [6.45, 7) is 6.21. The van der Waals surface area contributed by atoms with Crippen LogP contribution >= 0.6 is 0 Å². The van der Waals surface area contributed by atoms with E-state index in [1.165, 1.54) is 18.4 Å². The Morgan fingerprint density at radius 1 is 1.43 bits per heavy atom. The van der Waals surface area contributed by atoms with Crippen molar-refractivity contribution in [1.82, 2.24) is 5.32 Å². The Morgan fingerprint density at radius 3 is 2.67 bits per heavy atom. The zero-order valence-corrected chi connectivity index (χ0v) is 13.6. The molecule has 116 valence electrons. The van der Waals surface area contributed by atoms with E-state index in [9.17, 15) is 4.79 Å². The van der Waals surface area contributed by atoms with Crippen LogP contribution in [0.3, 0.4) is 0 Å².